The van der Waals surface area contributed by atoms with Gasteiger partial charge in [-0.1, -0.05) is 34.7 Å². The molecule has 0 saturated heterocycles. The molecule has 8 heteroatoms. The molecule has 0 aromatic heterocycles. The lowest BCUT2D eigenvalue weighted by atomic mass is 10.2. The Morgan fingerprint density at radius 3 is 2.52 bits per heavy atom. The van der Waals surface area contributed by atoms with Crippen molar-refractivity contribution in [3.05, 3.63) is 101 Å². The fraction of sp³-hybridized carbons (Fsp3) is 0.0800. The molecule has 1 N–H and O–H groups in total. The van der Waals surface area contributed by atoms with Crippen LogP contribution >= 0.6 is 15.9 Å². The Hall–Kier alpha value is -3.91. The molecule has 0 aliphatic heterocycles. The molecular formula is C25H21BrN2O5. The fourth-order valence-electron chi connectivity index (χ4n) is 2.71. The number of rotatable bonds is 9. The van der Waals surface area contributed by atoms with Crippen molar-refractivity contribution in [3.8, 4) is 17.2 Å². The quantitative estimate of drug-likeness (QED) is 0.144. The summed E-state index contributed by atoms with van der Waals surface area (Å²) in [7, 11) is 1.47. The van der Waals surface area contributed by atoms with Crippen molar-refractivity contribution < 1.29 is 23.8 Å². The third-order valence-electron chi connectivity index (χ3n) is 4.31. The second kappa shape index (κ2) is 11.6. The van der Waals surface area contributed by atoms with E-state index in [1.54, 1.807) is 66.7 Å². The molecular weight excluding hydrogens is 488 g/mol. The average Bonchev–Trinajstić information content (AvgIpc) is 2.83. The van der Waals surface area contributed by atoms with E-state index in [0.717, 1.165) is 4.47 Å². The van der Waals surface area contributed by atoms with Crippen LogP contribution in [0.3, 0.4) is 0 Å². The van der Waals surface area contributed by atoms with Crippen LogP contribution in [0.15, 0.2) is 89.0 Å². The van der Waals surface area contributed by atoms with Crippen molar-refractivity contribution >= 4 is 34.0 Å². The summed E-state index contributed by atoms with van der Waals surface area (Å²) in [5.41, 5.74) is 3.94. The zero-order chi connectivity index (χ0) is 23.6. The molecule has 0 aliphatic rings. The zero-order valence-corrected chi connectivity index (χ0v) is 19.4. The van der Waals surface area contributed by atoms with Gasteiger partial charge in [-0.25, -0.2) is 10.2 Å². The molecule has 0 fully saturated rings. The number of hydrogen-bond acceptors (Lipinski definition) is 6. The molecule has 3 rings (SSSR count). The van der Waals surface area contributed by atoms with E-state index >= 15 is 0 Å². The van der Waals surface area contributed by atoms with Crippen LogP contribution in [0.2, 0.25) is 0 Å². The molecule has 0 atom stereocenters. The third kappa shape index (κ3) is 6.78. The van der Waals surface area contributed by atoms with Crippen molar-refractivity contribution in [3.63, 3.8) is 0 Å². The molecule has 0 heterocycles. The summed E-state index contributed by atoms with van der Waals surface area (Å²) in [6.07, 6.45) is 3.10. The maximum atomic E-state index is 12.4. The van der Waals surface area contributed by atoms with Crippen molar-refractivity contribution in [2.75, 3.05) is 13.7 Å². The van der Waals surface area contributed by atoms with Gasteiger partial charge in [0.25, 0.3) is 5.91 Å². The van der Waals surface area contributed by atoms with E-state index in [1.165, 1.54) is 13.3 Å². The van der Waals surface area contributed by atoms with E-state index in [-0.39, 0.29) is 11.7 Å². The Balaban J connectivity index is 1.62. The number of halogens is 1. The van der Waals surface area contributed by atoms with Crippen molar-refractivity contribution in [2.45, 2.75) is 0 Å². The van der Waals surface area contributed by atoms with Gasteiger partial charge in [0.05, 0.1) is 18.9 Å². The van der Waals surface area contributed by atoms with Crippen LogP contribution in [0.4, 0.5) is 0 Å². The Bertz CT molecular complexity index is 1180. The number of esters is 1. The lowest BCUT2D eigenvalue weighted by Crippen LogP contribution is -2.17. The first-order chi connectivity index (χ1) is 16.0. The van der Waals surface area contributed by atoms with Crippen molar-refractivity contribution in [1.29, 1.82) is 0 Å². The Morgan fingerprint density at radius 1 is 1.03 bits per heavy atom. The van der Waals surface area contributed by atoms with Gasteiger partial charge < -0.3 is 14.2 Å². The predicted octanol–water partition coefficient (Wildman–Crippen LogP) is 5.01. The number of nitrogens with one attached hydrogen (secondary N) is 1. The maximum Gasteiger partial charge on any atom is 0.343 e. The van der Waals surface area contributed by atoms with Gasteiger partial charge in [-0.15, -0.1) is 0 Å². The van der Waals surface area contributed by atoms with E-state index in [0.29, 0.717) is 34.8 Å². The SMILES string of the molecule is C=CCOc1ccc(C(=O)N/N=C\c2ccc(OC(=O)c3cccc(Br)c3)c(OC)c2)cc1. The van der Waals surface area contributed by atoms with Gasteiger partial charge >= 0.3 is 5.97 Å². The highest BCUT2D eigenvalue weighted by Gasteiger charge is 2.13. The summed E-state index contributed by atoms with van der Waals surface area (Å²) in [4.78, 5) is 24.6. The molecule has 1 amide bonds. The number of hydrogen-bond donors (Lipinski definition) is 1. The number of benzene rings is 3. The predicted molar refractivity (Wildman–Crippen MR) is 129 cm³/mol. The molecule has 3 aromatic rings. The van der Waals surface area contributed by atoms with Crippen LogP contribution < -0.4 is 19.6 Å². The van der Waals surface area contributed by atoms with Gasteiger partial charge in [-0.3, -0.25) is 4.79 Å². The van der Waals surface area contributed by atoms with Crippen LogP contribution in [-0.4, -0.2) is 31.8 Å². The van der Waals surface area contributed by atoms with Crippen LogP contribution in [0.5, 0.6) is 17.2 Å². The second-order valence-corrected chi connectivity index (χ2v) is 7.55. The lowest BCUT2D eigenvalue weighted by Gasteiger charge is -2.10. The molecule has 168 valence electrons. The normalized spacial score (nSPS) is 10.5. The monoisotopic (exact) mass is 508 g/mol. The van der Waals surface area contributed by atoms with E-state index in [1.807, 2.05) is 6.07 Å². The first-order valence-electron chi connectivity index (χ1n) is 9.83. The number of hydrazone groups is 1. The first kappa shape index (κ1) is 23.7. The van der Waals surface area contributed by atoms with Gasteiger partial charge in [-0.2, -0.15) is 5.10 Å². The molecule has 0 spiro atoms. The Morgan fingerprint density at radius 2 is 1.82 bits per heavy atom. The average molecular weight is 509 g/mol. The van der Waals surface area contributed by atoms with E-state index < -0.39 is 5.97 Å². The molecule has 0 aliphatic carbocycles. The largest absolute Gasteiger partial charge is 0.493 e. The molecule has 0 radical (unpaired) electrons. The van der Waals surface area contributed by atoms with Crippen LogP contribution in [-0.2, 0) is 0 Å². The van der Waals surface area contributed by atoms with Gasteiger partial charge in [0.15, 0.2) is 11.5 Å². The van der Waals surface area contributed by atoms with Crippen LogP contribution in [0.1, 0.15) is 26.3 Å². The second-order valence-electron chi connectivity index (χ2n) is 6.63. The number of methoxy groups -OCH3 is 1. The van der Waals surface area contributed by atoms with E-state index in [2.05, 4.69) is 33.0 Å². The first-order valence-corrected chi connectivity index (χ1v) is 10.6. The van der Waals surface area contributed by atoms with E-state index in [4.69, 9.17) is 14.2 Å². The minimum Gasteiger partial charge on any atom is -0.493 e. The number of carbonyl (C=O) groups excluding carboxylic acids is 2. The topological polar surface area (TPSA) is 86.2 Å². The summed E-state index contributed by atoms with van der Waals surface area (Å²) in [5.74, 6) is 0.381. The molecule has 3 aromatic carbocycles. The molecule has 0 unspecified atom stereocenters. The zero-order valence-electron chi connectivity index (χ0n) is 17.8. The Labute approximate surface area is 199 Å². The van der Waals surface area contributed by atoms with Crippen LogP contribution in [0, 0.1) is 0 Å². The molecule has 0 bridgehead atoms. The van der Waals surface area contributed by atoms with Gasteiger partial charge in [0.2, 0.25) is 0 Å². The highest BCUT2D eigenvalue weighted by atomic mass is 79.9. The minimum absolute atomic E-state index is 0.266. The molecule has 33 heavy (non-hydrogen) atoms. The van der Waals surface area contributed by atoms with Gasteiger partial charge in [0, 0.05) is 10.0 Å². The molecule has 0 saturated carbocycles. The van der Waals surface area contributed by atoms with Crippen molar-refractivity contribution in [2.24, 2.45) is 5.10 Å². The summed E-state index contributed by atoms with van der Waals surface area (Å²) in [6, 6.07) is 18.5. The summed E-state index contributed by atoms with van der Waals surface area (Å²) in [6.45, 7) is 3.98. The standard InChI is InChI=1S/C25H21BrN2O5/c1-3-13-32-21-10-8-18(9-11-21)24(29)28-27-16-17-7-12-22(23(14-17)31-2)33-25(30)19-5-4-6-20(26)15-19/h3-12,14-16H,1,13H2,2H3,(H,28,29)/b27-16-. The summed E-state index contributed by atoms with van der Waals surface area (Å²) >= 11 is 3.33. The van der Waals surface area contributed by atoms with Crippen LogP contribution in [0.25, 0.3) is 0 Å². The van der Waals surface area contributed by atoms with Gasteiger partial charge in [-0.05, 0) is 66.2 Å². The summed E-state index contributed by atoms with van der Waals surface area (Å²) < 4.78 is 16.9. The van der Waals surface area contributed by atoms with Crippen molar-refractivity contribution in [1.82, 2.24) is 5.43 Å². The maximum absolute atomic E-state index is 12.4. The minimum atomic E-state index is -0.510. The summed E-state index contributed by atoms with van der Waals surface area (Å²) in [5, 5.41) is 3.98. The van der Waals surface area contributed by atoms with Gasteiger partial charge in [0.1, 0.15) is 12.4 Å². The Kier molecular flexibility index (Phi) is 8.37. The molecule has 7 nitrogen and oxygen atoms in total. The smallest absolute Gasteiger partial charge is 0.343 e. The number of ether oxygens (including phenoxy) is 3. The number of carbonyl (C=O) groups is 2. The highest BCUT2D eigenvalue weighted by Crippen LogP contribution is 2.28. The number of amides is 1. The fourth-order valence-corrected chi connectivity index (χ4v) is 3.11. The lowest BCUT2D eigenvalue weighted by molar-refractivity contribution is 0.0729. The van der Waals surface area contributed by atoms with E-state index in [9.17, 15) is 9.59 Å². The highest BCUT2D eigenvalue weighted by molar-refractivity contribution is 9.10. The number of nitrogens with zero attached hydrogens (tertiary/aromatic N) is 1. The third-order valence-corrected chi connectivity index (χ3v) is 4.81.